The molecule has 0 fully saturated rings. The van der Waals surface area contributed by atoms with Gasteiger partial charge < -0.3 is 0 Å². The summed E-state index contributed by atoms with van der Waals surface area (Å²) in [6.07, 6.45) is 3.60. The molecule has 27 heavy (non-hydrogen) atoms. The van der Waals surface area contributed by atoms with E-state index < -0.39 is 16.1 Å². The summed E-state index contributed by atoms with van der Waals surface area (Å²) in [4.78, 5) is 0. The van der Waals surface area contributed by atoms with E-state index in [1.54, 1.807) is 15.9 Å². The minimum atomic E-state index is -1.38. The third kappa shape index (κ3) is 4.07. The smallest absolute Gasteiger partial charge is 0.0656 e. The SMILES string of the molecule is Cc1ccc2c(c1-c1cc([Si](C)(C)C)cc([Si](C)(C)C)c1)C=C(C(C)C)C2. The Labute approximate surface area is 168 Å². The van der Waals surface area contributed by atoms with Gasteiger partial charge in [0.2, 0.25) is 0 Å². The van der Waals surface area contributed by atoms with Crippen LogP contribution in [-0.2, 0) is 6.42 Å². The molecule has 144 valence electrons. The van der Waals surface area contributed by atoms with E-state index in [2.05, 4.69) is 96.5 Å². The molecule has 0 atom stereocenters. The first-order chi connectivity index (χ1) is 12.4. The largest absolute Gasteiger partial charge is 0.0776 e. The normalized spacial score (nSPS) is 14.5. The molecule has 0 saturated heterocycles. The average molecular weight is 393 g/mol. The van der Waals surface area contributed by atoms with Gasteiger partial charge in [-0.2, -0.15) is 0 Å². The lowest BCUT2D eigenvalue weighted by Crippen LogP contribution is -2.45. The zero-order chi connectivity index (χ0) is 20.1. The van der Waals surface area contributed by atoms with Gasteiger partial charge in [0.1, 0.15) is 0 Å². The first kappa shape index (κ1) is 20.4. The molecule has 0 spiro atoms. The van der Waals surface area contributed by atoms with Gasteiger partial charge in [0.05, 0.1) is 16.1 Å². The molecular formula is C25H36Si2. The van der Waals surface area contributed by atoms with Crippen molar-refractivity contribution in [3.63, 3.8) is 0 Å². The van der Waals surface area contributed by atoms with Crippen molar-refractivity contribution in [3.8, 4) is 11.1 Å². The fourth-order valence-electron chi connectivity index (χ4n) is 3.94. The van der Waals surface area contributed by atoms with Gasteiger partial charge in [0, 0.05) is 0 Å². The third-order valence-electron chi connectivity index (χ3n) is 5.96. The second-order valence-corrected chi connectivity index (χ2v) is 20.8. The Morgan fingerprint density at radius 3 is 1.85 bits per heavy atom. The van der Waals surface area contributed by atoms with Crippen molar-refractivity contribution in [1.29, 1.82) is 0 Å². The molecule has 1 aliphatic carbocycles. The highest BCUT2D eigenvalue weighted by Crippen LogP contribution is 2.38. The second kappa shape index (κ2) is 6.90. The maximum absolute atomic E-state index is 2.54. The summed E-state index contributed by atoms with van der Waals surface area (Å²) in [5, 5.41) is 3.20. The summed E-state index contributed by atoms with van der Waals surface area (Å²) >= 11 is 0. The fraction of sp³-hybridized carbons (Fsp3) is 0.440. The monoisotopic (exact) mass is 392 g/mol. The molecule has 0 aliphatic heterocycles. The Bertz CT molecular complexity index is 871. The van der Waals surface area contributed by atoms with Crippen LogP contribution in [-0.4, -0.2) is 16.1 Å². The van der Waals surface area contributed by atoms with Crippen molar-refractivity contribution in [2.75, 3.05) is 0 Å². The summed E-state index contributed by atoms with van der Waals surface area (Å²) in [5.74, 6) is 0.622. The van der Waals surface area contributed by atoms with E-state index in [9.17, 15) is 0 Å². The molecule has 0 aromatic heterocycles. The molecule has 2 heteroatoms. The number of rotatable bonds is 4. The summed E-state index contributed by atoms with van der Waals surface area (Å²) < 4.78 is 0. The van der Waals surface area contributed by atoms with Gasteiger partial charge in [-0.05, 0) is 47.1 Å². The number of allylic oxidation sites excluding steroid dienone is 1. The van der Waals surface area contributed by atoms with Crippen LogP contribution in [0.25, 0.3) is 17.2 Å². The molecule has 2 aromatic rings. The van der Waals surface area contributed by atoms with E-state index in [0.29, 0.717) is 5.92 Å². The van der Waals surface area contributed by atoms with E-state index in [4.69, 9.17) is 0 Å². The Hall–Kier alpha value is -1.39. The Morgan fingerprint density at radius 1 is 0.815 bits per heavy atom. The third-order valence-corrected chi connectivity index (χ3v) is 10.0. The average Bonchev–Trinajstić information content (AvgIpc) is 2.97. The van der Waals surface area contributed by atoms with Crippen molar-refractivity contribution < 1.29 is 0 Å². The molecular weight excluding hydrogens is 356 g/mol. The van der Waals surface area contributed by atoms with E-state index in [1.165, 1.54) is 27.8 Å². The first-order valence-corrected chi connectivity index (χ1v) is 17.4. The number of fused-ring (bicyclic) bond motifs is 1. The van der Waals surface area contributed by atoms with Crippen molar-refractivity contribution in [2.45, 2.75) is 66.5 Å². The molecule has 0 unspecified atom stereocenters. The molecule has 0 bridgehead atoms. The molecule has 0 amide bonds. The highest BCUT2D eigenvalue weighted by molar-refractivity contribution is 6.91. The molecule has 2 aromatic carbocycles. The Morgan fingerprint density at radius 2 is 1.37 bits per heavy atom. The summed E-state index contributed by atoms with van der Waals surface area (Å²) in [7, 11) is -2.75. The lowest BCUT2D eigenvalue weighted by atomic mass is 9.93. The van der Waals surface area contributed by atoms with Gasteiger partial charge in [-0.25, -0.2) is 0 Å². The van der Waals surface area contributed by atoms with Crippen molar-refractivity contribution in [1.82, 2.24) is 0 Å². The lowest BCUT2D eigenvalue weighted by molar-refractivity contribution is 0.754. The Balaban J connectivity index is 2.28. The van der Waals surface area contributed by atoms with Gasteiger partial charge in [-0.15, -0.1) is 0 Å². The van der Waals surface area contributed by atoms with Crippen LogP contribution < -0.4 is 10.4 Å². The standard InChI is InChI=1S/C25H36Si2/c1-17(2)20-12-19-11-10-18(3)25(24(19)15-20)21-13-22(26(4,5)6)16-23(14-21)27(7,8)9/h10-11,13-17H,12H2,1-9H3. The number of benzene rings is 2. The summed E-state index contributed by atoms with van der Waals surface area (Å²) in [6, 6.07) is 12.2. The van der Waals surface area contributed by atoms with Gasteiger partial charge in [0.25, 0.3) is 0 Å². The molecule has 0 heterocycles. The van der Waals surface area contributed by atoms with Crippen LogP contribution in [0.3, 0.4) is 0 Å². The second-order valence-electron chi connectivity index (χ2n) is 10.7. The number of hydrogen-bond acceptors (Lipinski definition) is 0. The van der Waals surface area contributed by atoms with Crippen LogP contribution in [0.4, 0.5) is 0 Å². The van der Waals surface area contributed by atoms with Crippen LogP contribution >= 0.6 is 0 Å². The van der Waals surface area contributed by atoms with Gasteiger partial charge in [-0.1, -0.05) is 105 Å². The summed E-state index contributed by atoms with van der Waals surface area (Å²) in [6.45, 7) is 21.7. The van der Waals surface area contributed by atoms with Crippen LogP contribution in [0.5, 0.6) is 0 Å². The molecule has 0 N–H and O–H groups in total. The minimum absolute atomic E-state index is 0.622. The maximum atomic E-state index is 2.54. The zero-order valence-electron chi connectivity index (χ0n) is 18.7. The van der Waals surface area contributed by atoms with E-state index in [0.717, 1.165) is 6.42 Å². The predicted molar refractivity (Wildman–Crippen MR) is 129 cm³/mol. The molecule has 0 radical (unpaired) electrons. The lowest BCUT2D eigenvalue weighted by Gasteiger charge is -2.25. The highest BCUT2D eigenvalue weighted by atomic mass is 28.3. The number of hydrogen-bond donors (Lipinski definition) is 0. The van der Waals surface area contributed by atoms with Crippen LogP contribution in [0, 0.1) is 12.8 Å². The minimum Gasteiger partial charge on any atom is -0.0656 e. The predicted octanol–water partition coefficient (Wildman–Crippen LogP) is 6.35. The van der Waals surface area contributed by atoms with Gasteiger partial charge >= 0.3 is 0 Å². The first-order valence-electron chi connectivity index (χ1n) is 10.4. The fourth-order valence-corrected chi connectivity index (χ4v) is 6.44. The highest BCUT2D eigenvalue weighted by Gasteiger charge is 2.25. The van der Waals surface area contributed by atoms with E-state index >= 15 is 0 Å². The van der Waals surface area contributed by atoms with E-state index in [1.807, 2.05) is 0 Å². The quantitative estimate of drug-likeness (QED) is 0.532. The van der Waals surface area contributed by atoms with Crippen LogP contribution in [0.2, 0.25) is 39.3 Å². The molecule has 3 rings (SSSR count). The van der Waals surface area contributed by atoms with Gasteiger partial charge in [-0.3, -0.25) is 0 Å². The van der Waals surface area contributed by atoms with Crippen LogP contribution in [0.1, 0.15) is 30.5 Å². The zero-order valence-corrected chi connectivity index (χ0v) is 20.7. The van der Waals surface area contributed by atoms with Crippen molar-refractivity contribution >= 4 is 32.6 Å². The molecule has 0 nitrogen and oxygen atoms in total. The topological polar surface area (TPSA) is 0 Å². The number of aryl methyl sites for hydroxylation is 1. The van der Waals surface area contributed by atoms with Crippen molar-refractivity contribution in [2.24, 2.45) is 5.92 Å². The molecule has 0 saturated carbocycles. The molecule has 1 aliphatic rings. The van der Waals surface area contributed by atoms with Crippen LogP contribution in [0.15, 0.2) is 35.9 Å². The maximum Gasteiger partial charge on any atom is 0.0776 e. The van der Waals surface area contributed by atoms with Crippen molar-refractivity contribution in [3.05, 3.63) is 52.6 Å². The Kier molecular flexibility index (Phi) is 5.20. The summed E-state index contributed by atoms with van der Waals surface area (Å²) in [5.41, 5.74) is 8.89. The van der Waals surface area contributed by atoms with E-state index in [-0.39, 0.29) is 0 Å². The van der Waals surface area contributed by atoms with Gasteiger partial charge in [0.15, 0.2) is 0 Å².